The summed E-state index contributed by atoms with van der Waals surface area (Å²) in [6, 6.07) is 0.204. The number of aliphatic imine (C=N–C) groups is 1. The maximum Gasteiger partial charge on any atom is 0.205 e. The first kappa shape index (κ1) is 13.2. The summed E-state index contributed by atoms with van der Waals surface area (Å²) in [5, 5.41) is 2.66. The summed E-state index contributed by atoms with van der Waals surface area (Å²) >= 11 is 0. The van der Waals surface area contributed by atoms with Gasteiger partial charge >= 0.3 is 0 Å². The molecular weight excluding hydrogens is 228 g/mol. The van der Waals surface area contributed by atoms with Crippen molar-refractivity contribution in [3.05, 3.63) is 0 Å². The van der Waals surface area contributed by atoms with Crippen LogP contribution in [0.4, 0.5) is 0 Å². The predicted molar refractivity (Wildman–Crippen MR) is 64.7 cm³/mol. The Morgan fingerprint density at radius 1 is 1.56 bits per heavy atom. The molecule has 0 amide bonds. The summed E-state index contributed by atoms with van der Waals surface area (Å²) in [6.45, 7) is 4.19. The van der Waals surface area contributed by atoms with Crippen LogP contribution in [0.5, 0.6) is 0 Å². The van der Waals surface area contributed by atoms with Crippen LogP contribution < -0.4 is 16.6 Å². The number of hydrazine groups is 1. The Morgan fingerprint density at radius 2 is 2.25 bits per heavy atom. The average molecular weight is 248 g/mol. The second-order valence-corrected chi connectivity index (χ2v) is 6.66. The van der Waals surface area contributed by atoms with Gasteiger partial charge in [0.15, 0.2) is 9.84 Å². The molecule has 1 rings (SSSR count). The summed E-state index contributed by atoms with van der Waals surface area (Å²) in [5.41, 5.74) is 2.43. The Morgan fingerprint density at radius 3 is 2.69 bits per heavy atom. The Bertz CT molecular complexity index is 351. The Balaban J connectivity index is 2.57. The van der Waals surface area contributed by atoms with Gasteiger partial charge in [-0.15, -0.1) is 0 Å². The quantitative estimate of drug-likeness (QED) is 0.268. The van der Waals surface area contributed by atoms with Crippen molar-refractivity contribution in [1.82, 2.24) is 10.7 Å². The molecule has 0 radical (unpaired) electrons. The number of hydrogen-bond donors (Lipinski definition) is 3. The number of guanidine groups is 1. The first-order valence-corrected chi connectivity index (χ1v) is 7.16. The monoisotopic (exact) mass is 248 g/mol. The van der Waals surface area contributed by atoms with Crippen molar-refractivity contribution in [2.24, 2.45) is 10.8 Å². The molecule has 1 atom stereocenters. The fourth-order valence-corrected chi connectivity index (χ4v) is 3.39. The van der Waals surface area contributed by atoms with Gasteiger partial charge in [-0.05, 0) is 26.7 Å². The molecule has 1 fully saturated rings. The average Bonchev–Trinajstić information content (AvgIpc) is 2.52. The molecule has 1 aliphatic heterocycles. The summed E-state index contributed by atoms with van der Waals surface area (Å²) in [4.78, 5) is 4.15. The molecule has 94 valence electrons. The third kappa shape index (κ3) is 3.64. The van der Waals surface area contributed by atoms with Gasteiger partial charge in [-0.2, -0.15) is 0 Å². The molecular formula is C9H20N4O2S. The van der Waals surface area contributed by atoms with Crippen molar-refractivity contribution < 1.29 is 8.42 Å². The summed E-state index contributed by atoms with van der Waals surface area (Å²) < 4.78 is 23.1. The Hall–Kier alpha value is -0.820. The lowest BCUT2D eigenvalue weighted by Gasteiger charge is -2.13. The van der Waals surface area contributed by atoms with E-state index in [-0.39, 0.29) is 23.6 Å². The fraction of sp³-hybridized carbons (Fsp3) is 0.889. The van der Waals surface area contributed by atoms with Gasteiger partial charge in [0.05, 0.1) is 17.5 Å². The molecule has 0 aromatic heterocycles. The van der Waals surface area contributed by atoms with Crippen LogP contribution in [0.1, 0.15) is 26.7 Å². The lowest BCUT2D eigenvalue weighted by Crippen LogP contribution is -2.45. The van der Waals surface area contributed by atoms with E-state index in [4.69, 9.17) is 5.84 Å². The number of nitrogens with two attached hydrogens (primary N) is 1. The molecule has 7 heteroatoms. The number of sulfone groups is 1. The summed E-state index contributed by atoms with van der Waals surface area (Å²) in [5.74, 6) is 6.01. The lowest BCUT2D eigenvalue weighted by atomic mass is 10.2. The molecule has 6 nitrogen and oxygen atoms in total. The summed E-state index contributed by atoms with van der Waals surface area (Å²) in [7, 11) is -2.92. The molecule has 4 N–H and O–H groups in total. The van der Waals surface area contributed by atoms with Gasteiger partial charge in [0.1, 0.15) is 0 Å². The highest BCUT2D eigenvalue weighted by molar-refractivity contribution is 7.92. The fourth-order valence-electron chi connectivity index (χ4n) is 1.66. The second-order valence-electron chi connectivity index (χ2n) is 4.26. The van der Waals surface area contributed by atoms with Crippen molar-refractivity contribution in [3.63, 3.8) is 0 Å². The van der Waals surface area contributed by atoms with Crippen molar-refractivity contribution in [1.29, 1.82) is 0 Å². The first-order chi connectivity index (χ1) is 7.45. The maximum atomic E-state index is 11.5. The maximum absolute atomic E-state index is 11.5. The van der Waals surface area contributed by atoms with Crippen molar-refractivity contribution in [2.45, 2.75) is 38.0 Å². The minimum Gasteiger partial charge on any atom is -0.353 e. The van der Waals surface area contributed by atoms with Crippen LogP contribution in [0, 0.1) is 0 Å². The van der Waals surface area contributed by atoms with Gasteiger partial charge in [-0.3, -0.25) is 10.4 Å². The molecule has 0 aliphatic carbocycles. The highest BCUT2D eigenvalue weighted by Crippen LogP contribution is 2.19. The van der Waals surface area contributed by atoms with Crippen LogP contribution in [0.25, 0.3) is 0 Å². The van der Waals surface area contributed by atoms with Crippen LogP contribution in [0.3, 0.4) is 0 Å². The van der Waals surface area contributed by atoms with E-state index in [1.807, 2.05) is 13.8 Å². The summed E-state index contributed by atoms with van der Waals surface area (Å²) in [6.07, 6.45) is 1.44. The highest BCUT2D eigenvalue weighted by atomic mass is 32.2. The smallest absolute Gasteiger partial charge is 0.205 e. The van der Waals surface area contributed by atoms with Gasteiger partial charge in [-0.1, -0.05) is 0 Å². The number of nitrogens with zero attached hydrogens (tertiary/aromatic N) is 1. The Labute approximate surface area is 96.6 Å². The van der Waals surface area contributed by atoms with Crippen LogP contribution in [0.15, 0.2) is 4.99 Å². The lowest BCUT2D eigenvalue weighted by molar-refractivity contribution is 0.589. The van der Waals surface area contributed by atoms with Gasteiger partial charge in [0.25, 0.3) is 0 Å². The largest absolute Gasteiger partial charge is 0.353 e. The zero-order valence-electron chi connectivity index (χ0n) is 9.73. The number of nitrogens with one attached hydrogen (secondary N) is 2. The highest BCUT2D eigenvalue weighted by Gasteiger charge is 2.30. The third-order valence-electron chi connectivity index (χ3n) is 2.48. The molecule has 0 saturated carbocycles. The zero-order chi connectivity index (χ0) is 12.2. The van der Waals surface area contributed by atoms with E-state index in [1.165, 1.54) is 0 Å². The molecule has 0 aromatic carbocycles. The molecule has 0 aromatic rings. The van der Waals surface area contributed by atoms with E-state index >= 15 is 0 Å². The van der Waals surface area contributed by atoms with Gasteiger partial charge in [-0.25, -0.2) is 14.3 Å². The number of rotatable bonds is 3. The van der Waals surface area contributed by atoms with Gasteiger partial charge in [0.2, 0.25) is 5.96 Å². The van der Waals surface area contributed by atoms with Crippen LogP contribution in [-0.4, -0.2) is 38.0 Å². The van der Waals surface area contributed by atoms with E-state index in [2.05, 4.69) is 15.7 Å². The molecule has 0 bridgehead atoms. The molecule has 0 spiro atoms. The first-order valence-electron chi connectivity index (χ1n) is 5.45. The van der Waals surface area contributed by atoms with Crippen LogP contribution in [0.2, 0.25) is 0 Å². The zero-order valence-corrected chi connectivity index (χ0v) is 10.5. The topological polar surface area (TPSA) is 96.6 Å². The Kier molecular flexibility index (Phi) is 4.55. The molecule has 1 saturated heterocycles. The standard InChI is InChI=1S/C9H20N4O2S/c1-7(2)12-9(13-10)11-6-8-4-3-5-16(8,14)15/h7-8H,3-6,10H2,1-2H3,(H2,11,12,13). The predicted octanol–water partition coefficient (Wildman–Crippen LogP) is -0.619. The van der Waals surface area contributed by atoms with Gasteiger partial charge in [0, 0.05) is 6.04 Å². The van der Waals surface area contributed by atoms with E-state index in [0.717, 1.165) is 6.42 Å². The minimum atomic E-state index is -2.92. The second kappa shape index (κ2) is 5.49. The molecule has 16 heavy (non-hydrogen) atoms. The van der Waals surface area contributed by atoms with E-state index in [1.54, 1.807) is 0 Å². The van der Waals surface area contributed by atoms with Gasteiger partial charge < -0.3 is 5.32 Å². The van der Waals surface area contributed by atoms with Crippen LogP contribution >= 0.6 is 0 Å². The van der Waals surface area contributed by atoms with E-state index in [9.17, 15) is 8.42 Å². The van der Waals surface area contributed by atoms with E-state index < -0.39 is 9.84 Å². The van der Waals surface area contributed by atoms with Crippen LogP contribution in [-0.2, 0) is 9.84 Å². The molecule has 1 aliphatic rings. The van der Waals surface area contributed by atoms with E-state index in [0.29, 0.717) is 12.4 Å². The normalized spacial score (nSPS) is 24.8. The third-order valence-corrected chi connectivity index (χ3v) is 4.74. The minimum absolute atomic E-state index is 0.204. The van der Waals surface area contributed by atoms with Crippen molar-refractivity contribution >= 4 is 15.8 Å². The van der Waals surface area contributed by atoms with Crippen molar-refractivity contribution in [2.75, 3.05) is 12.3 Å². The molecule has 1 unspecified atom stereocenters. The van der Waals surface area contributed by atoms with Crippen molar-refractivity contribution in [3.8, 4) is 0 Å². The SMILES string of the molecule is CC(C)NC(=NCC1CCCS1(=O)=O)NN. The number of hydrogen-bond acceptors (Lipinski definition) is 4. The molecule has 1 heterocycles.